The number of carbonyl (C=O) groups is 2. The van der Waals surface area contributed by atoms with E-state index < -0.39 is 11.8 Å². The molecule has 0 saturated heterocycles. The highest BCUT2D eigenvalue weighted by Crippen LogP contribution is 2.16. The minimum atomic E-state index is -0.464. The van der Waals surface area contributed by atoms with Gasteiger partial charge >= 0.3 is 0 Å². The van der Waals surface area contributed by atoms with Crippen LogP contribution in [0.25, 0.3) is 6.08 Å². The van der Waals surface area contributed by atoms with E-state index in [9.17, 15) is 9.59 Å². The highest BCUT2D eigenvalue weighted by Gasteiger charge is 2.09. The molecule has 0 aliphatic rings. The number of halogens is 1. The third-order valence-corrected chi connectivity index (χ3v) is 3.87. The molecule has 0 radical (unpaired) electrons. The summed E-state index contributed by atoms with van der Waals surface area (Å²) in [5.41, 5.74) is 4.92. The molecule has 4 nitrogen and oxygen atoms in total. The second-order valence-electron chi connectivity index (χ2n) is 4.20. The average molecular weight is 321 g/mol. The average Bonchev–Trinajstić information content (AvgIpc) is 2.89. The van der Waals surface area contributed by atoms with Gasteiger partial charge in [0.1, 0.15) is 0 Å². The van der Waals surface area contributed by atoms with Gasteiger partial charge in [0.05, 0.1) is 10.6 Å². The topological polar surface area (TPSA) is 58.2 Å². The molecule has 1 heterocycles. The van der Waals surface area contributed by atoms with Crippen molar-refractivity contribution in [2.45, 2.75) is 6.92 Å². The fourth-order valence-electron chi connectivity index (χ4n) is 1.57. The first kappa shape index (κ1) is 15.3. The fourth-order valence-corrected chi connectivity index (χ4v) is 2.58. The second kappa shape index (κ2) is 7.06. The molecule has 1 aromatic heterocycles. The zero-order chi connectivity index (χ0) is 15.2. The molecule has 0 unspecified atom stereocenters. The van der Waals surface area contributed by atoms with E-state index in [1.807, 2.05) is 19.1 Å². The highest BCUT2D eigenvalue weighted by atomic mass is 35.5. The molecule has 2 aromatic rings. The number of hydrazine groups is 1. The van der Waals surface area contributed by atoms with Crippen LogP contribution in [0.5, 0.6) is 0 Å². The molecule has 0 aliphatic carbocycles. The lowest BCUT2D eigenvalue weighted by Gasteiger charge is -2.06. The largest absolute Gasteiger partial charge is 0.271 e. The third-order valence-electron chi connectivity index (χ3n) is 2.58. The van der Waals surface area contributed by atoms with Gasteiger partial charge < -0.3 is 0 Å². The van der Waals surface area contributed by atoms with Crippen molar-refractivity contribution in [1.29, 1.82) is 0 Å². The molecule has 2 rings (SSSR count). The minimum absolute atomic E-state index is 0.303. The van der Waals surface area contributed by atoms with Crippen LogP contribution >= 0.6 is 22.9 Å². The number of amides is 2. The summed E-state index contributed by atoms with van der Waals surface area (Å²) in [6, 6.07) is 10.5. The van der Waals surface area contributed by atoms with Gasteiger partial charge in [-0.3, -0.25) is 20.4 Å². The minimum Gasteiger partial charge on any atom is -0.268 e. The first-order valence-electron chi connectivity index (χ1n) is 6.15. The van der Waals surface area contributed by atoms with Gasteiger partial charge in [-0.15, -0.1) is 11.3 Å². The van der Waals surface area contributed by atoms with Crippen molar-refractivity contribution in [3.63, 3.8) is 0 Å². The summed E-state index contributed by atoms with van der Waals surface area (Å²) in [4.78, 5) is 25.6. The lowest BCUT2D eigenvalue weighted by atomic mass is 10.2. The van der Waals surface area contributed by atoms with Crippen molar-refractivity contribution < 1.29 is 9.59 Å². The van der Waals surface area contributed by atoms with Gasteiger partial charge in [0, 0.05) is 15.8 Å². The molecule has 0 fully saturated rings. The van der Waals surface area contributed by atoms with Crippen LogP contribution in [-0.2, 0) is 4.79 Å². The second-order valence-corrected chi connectivity index (χ2v) is 5.93. The summed E-state index contributed by atoms with van der Waals surface area (Å²) >= 11 is 7.47. The number of hydrogen-bond donors (Lipinski definition) is 2. The van der Waals surface area contributed by atoms with Crippen molar-refractivity contribution in [1.82, 2.24) is 10.9 Å². The smallest absolute Gasteiger partial charge is 0.268 e. The zero-order valence-electron chi connectivity index (χ0n) is 11.2. The highest BCUT2D eigenvalue weighted by molar-refractivity contribution is 7.12. The van der Waals surface area contributed by atoms with Crippen LogP contribution in [0.2, 0.25) is 5.02 Å². The molecule has 1 aromatic carbocycles. The number of hydrogen-bond acceptors (Lipinski definition) is 3. The van der Waals surface area contributed by atoms with Crippen molar-refractivity contribution in [3.8, 4) is 0 Å². The summed E-state index contributed by atoms with van der Waals surface area (Å²) in [6.07, 6.45) is 3.05. The summed E-state index contributed by atoms with van der Waals surface area (Å²) in [5, 5.41) is 0.328. The third kappa shape index (κ3) is 4.44. The van der Waals surface area contributed by atoms with Crippen molar-refractivity contribution in [3.05, 3.63) is 62.8 Å². The van der Waals surface area contributed by atoms with Crippen LogP contribution in [0.1, 0.15) is 20.1 Å². The van der Waals surface area contributed by atoms with Crippen LogP contribution in [0.3, 0.4) is 0 Å². The molecule has 0 spiro atoms. The van der Waals surface area contributed by atoms with Crippen LogP contribution in [0.4, 0.5) is 0 Å². The summed E-state index contributed by atoms with van der Waals surface area (Å²) < 4.78 is 0. The van der Waals surface area contributed by atoms with E-state index in [-0.39, 0.29) is 0 Å². The van der Waals surface area contributed by atoms with E-state index >= 15 is 0 Å². The van der Waals surface area contributed by atoms with Gasteiger partial charge in [0.15, 0.2) is 0 Å². The van der Waals surface area contributed by atoms with E-state index in [1.165, 1.54) is 11.0 Å². The zero-order valence-corrected chi connectivity index (χ0v) is 12.8. The Morgan fingerprint density at radius 3 is 2.57 bits per heavy atom. The molecule has 0 atom stereocenters. The molecule has 2 amide bonds. The molecule has 21 heavy (non-hydrogen) atoms. The standard InChI is InChI=1S/C15H13ClN2O2S/c1-10-6-7-11(21-10)8-9-14(19)17-18-15(20)12-4-2-3-5-13(12)16/h2-9H,1H3,(H,17,19)(H,18,20)/b9-8+. The van der Waals surface area contributed by atoms with Gasteiger partial charge in [-0.2, -0.15) is 0 Å². The van der Waals surface area contributed by atoms with Crippen LogP contribution in [0, 0.1) is 6.92 Å². The Labute approximate surface area is 131 Å². The Kier molecular flexibility index (Phi) is 5.14. The maximum atomic E-state index is 11.8. The van der Waals surface area contributed by atoms with Gasteiger partial charge in [-0.05, 0) is 37.3 Å². The molecule has 6 heteroatoms. The lowest BCUT2D eigenvalue weighted by molar-refractivity contribution is -0.117. The van der Waals surface area contributed by atoms with E-state index in [0.717, 1.165) is 4.88 Å². The number of rotatable bonds is 3. The van der Waals surface area contributed by atoms with Crippen LogP contribution in [0.15, 0.2) is 42.5 Å². The van der Waals surface area contributed by atoms with Gasteiger partial charge in [0.2, 0.25) is 0 Å². The van der Waals surface area contributed by atoms with Gasteiger partial charge in [-0.1, -0.05) is 23.7 Å². The predicted octanol–water partition coefficient (Wildman–Crippen LogP) is 3.18. The number of benzene rings is 1. The molecule has 2 N–H and O–H groups in total. The normalized spacial score (nSPS) is 10.6. The quantitative estimate of drug-likeness (QED) is 0.674. The van der Waals surface area contributed by atoms with E-state index in [0.29, 0.717) is 10.6 Å². The number of thiophene rings is 1. The number of nitrogens with one attached hydrogen (secondary N) is 2. The van der Waals surface area contributed by atoms with Gasteiger partial charge in [0.25, 0.3) is 11.8 Å². The Morgan fingerprint density at radius 2 is 1.90 bits per heavy atom. The maximum Gasteiger partial charge on any atom is 0.271 e. The Bertz CT molecular complexity index is 694. The van der Waals surface area contributed by atoms with Crippen molar-refractivity contribution in [2.24, 2.45) is 0 Å². The van der Waals surface area contributed by atoms with E-state index in [4.69, 9.17) is 11.6 Å². The Balaban J connectivity index is 1.88. The first-order valence-corrected chi connectivity index (χ1v) is 7.35. The molecule has 0 aliphatic heterocycles. The molecule has 108 valence electrons. The van der Waals surface area contributed by atoms with Crippen molar-refractivity contribution in [2.75, 3.05) is 0 Å². The molecule has 0 saturated carbocycles. The summed E-state index contributed by atoms with van der Waals surface area (Å²) in [6.45, 7) is 1.99. The van der Waals surface area contributed by atoms with Crippen molar-refractivity contribution >= 4 is 40.8 Å². The van der Waals surface area contributed by atoms with E-state index in [1.54, 1.807) is 41.7 Å². The number of aryl methyl sites for hydroxylation is 1. The van der Waals surface area contributed by atoms with Gasteiger partial charge in [-0.25, -0.2) is 0 Å². The Hall–Kier alpha value is -2.11. The maximum absolute atomic E-state index is 11.8. The Morgan fingerprint density at radius 1 is 1.14 bits per heavy atom. The van der Waals surface area contributed by atoms with Crippen LogP contribution in [-0.4, -0.2) is 11.8 Å². The first-order chi connectivity index (χ1) is 10.1. The SMILES string of the molecule is Cc1ccc(/C=C/C(=O)NNC(=O)c2ccccc2Cl)s1. The summed E-state index contributed by atoms with van der Waals surface area (Å²) in [5.74, 6) is -0.879. The van der Waals surface area contributed by atoms with E-state index in [2.05, 4.69) is 10.9 Å². The van der Waals surface area contributed by atoms with Crippen LogP contribution < -0.4 is 10.9 Å². The summed E-state index contributed by atoms with van der Waals surface area (Å²) in [7, 11) is 0. The fraction of sp³-hybridized carbons (Fsp3) is 0.0667. The molecule has 0 bridgehead atoms. The molecular formula is C15H13ClN2O2S. The number of carbonyl (C=O) groups excluding carboxylic acids is 2. The lowest BCUT2D eigenvalue weighted by Crippen LogP contribution is -2.40. The molecular weight excluding hydrogens is 308 g/mol. The predicted molar refractivity (Wildman–Crippen MR) is 85.2 cm³/mol. The monoisotopic (exact) mass is 320 g/mol.